The van der Waals surface area contributed by atoms with E-state index in [4.69, 9.17) is 0 Å². The summed E-state index contributed by atoms with van der Waals surface area (Å²) < 4.78 is 4.22. The third kappa shape index (κ3) is 1.36. The minimum absolute atomic E-state index is 0.0989. The van der Waals surface area contributed by atoms with Crippen molar-refractivity contribution in [2.75, 3.05) is 0 Å². The quantitative estimate of drug-likeness (QED) is 0.458. The standard InChI is InChI=1S/C6H8N2O3/c1-2-3-6-5(4-9)7-11-8(6)10/h4H,2-3H2,1H3. The monoisotopic (exact) mass is 156 g/mol. The van der Waals surface area contributed by atoms with Crippen LogP contribution in [0.5, 0.6) is 0 Å². The molecule has 0 saturated heterocycles. The van der Waals surface area contributed by atoms with Crippen molar-refractivity contribution in [2.45, 2.75) is 19.8 Å². The third-order valence-electron chi connectivity index (χ3n) is 1.33. The van der Waals surface area contributed by atoms with E-state index in [-0.39, 0.29) is 10.6 Å². The zero-order valence-electron chi connectivity index (χ0n) is 6.11. The molecule has 1 aromatic heterocycles. The Morgan fingerprint density at radius 1 is 1.82 bits per heavy atom. The predicted molar refractivity (Wildman–Crippen MR) is 34.8 cm³/mol. The molecule has 11 heavy (non-hydrogen) atoms. The summed E-state index contributed by atoms with van der Waals surface area (Å²) in [4.78, 5) is 10.5. The van der Waals surface area contributed by atoms with Gasteiger partial charge >= 0.3 is 0 Å². The molecule has 1 rings (SSSR count). The lowest BCUT2D eigenvalue weighted by atomic mass is 10.2. The van der Waals surface area contributed by atoms with Crippen LogP contribution in [-0.4, -0.2) is 11.4 Å². The molecule has 0 atom stereocenters. The zero-order valence-corrected chi connectivity index (χ0v) is 6.11. The maximum atomic E-state index is 10.7. The van der Waals surface area contributed by atoms with E-state index >= 15 is 0 Å². The van der Waals surface area contributed by atoms with Crippen LogP contribution in [0.25, 0.3) is 0 Å². The lowest BCUT2D eigenvalue weighted by Crippen LogP contribution is -2.28. The lowest BCUT2D eigenvalue weighted by Gasteiger charge is -1.90. The highest BCUT2D eigenvalue weighted by Crippen LogP contribution is 2.00. The molecule has 0 aliphatic rings. The fourth-order valence-corrected chi connectivity index (χ4v) is 0.822. The number of hydrogen-bond acceptors (Lipinski definition) is 4. The van der Waals surface area contributed by atoms with Crippen molar-refractivity contribution in [1.29, 1.82) is 0 Å². The highest BCUT2D eigenvalue weighted by atomic mass is 16.8. The van der Waals surface area contributed by atoms with Crippen molar-refractivity contribution < 1.29 is 14.3 Å². The van der Waals surface area contributed by atoms with Crippen LogP contribution in [0, 0.1) is 5.21 Å². The topological polar surface area (TPSA) is 70.0 Å². The van der Waals surface area contributed by atoms with Gasteiger partial charge in [0.15, 0.2) is 6.29 Å². The van der Waals surface area contributed by atoms with E-state index in [9.17, 15) is 10.0 Å². The summed E-state index contributed by atoms with van der Waals surface area (Å²) in [5.74, 6) is 0. The summed E-state index contributed by atoms with van der Waals surface area (Å²) in [6.07, 6.45) is 1.81. The van der Waals surface area contributed by atoms with E-state index in [0.29, 0.717) is 18.4 Å². The maximum Gasteiger partial charge on any atom is 0.283 e. The Bertz CT molecular complexity index is 256. The van der Waals surface area contributed by atoms with Crippen LogP contribution in [0.15, 0.2) is 4.63 Å². The average molecular weight is 156 g/mol. The smallest absolute Gasteiger partial charge is 0.283 e. The molecule has 0 spiro atoms. The molecule has 0 N–H and O–H groups in total. The van der Waals surface area contributed by atoms with E-state index < -0.39 is 0 Å². The lowest BCUT2D eigenvalue weighted by molar-refractivity contribution is -0.807. The third-order valence-corrected chi connectivity index (χ3v) is 1.33. The molecular formula is C6H8N2O3. The molecule has 0 unspecified atom stereocenters. The number of carbonyl (C=O) groups is 1. The molecule has 1 aromatic rings. The first-order valence-corrected chi connectivity index (χ1v) is 3.33. The molecule has 5 nitrogen and oxygen atoms in total. The van der Waals surface area contributed by atoms with Gasteiger partial charge in [0.1, 0.15) is 0 Å². The molecule has 0 radical (unpaired) electrons. The molecular weight excluding hydrogens is 148 g/mol. The SMILES string of the molecule is CCCc1c(C=O)no[n+]1[O-]. The van der Waals surface area contributed by atoms with Crippen LogP contribution in [0.4, 0.5) is 0 Å². The Balaban J connectivity index is 2.97. The number of aldehydes is 1. The number of carbonyl (C=O) groups excluding carboxylic acids is 1. The molecule has 0 fully saturated rings. The van der Waals surface area contributed by atoms with Gasteiger partial charge in [-0.05, 0) is 11.3 Å². The summed E-state index contributed by atoms with van der Waals surface area (Å²) in [6.45, 7) is 1.90. The van der Waals surface area contributed by atoms with E-state index in [0.717, 1.165) is 6.42 Å². The largest absolute Gasteiger partial charge is 0.359 e. The fraction of sp³-hybridized carbons (Fsp3) is 0.500. The normalized spacial score (nSPS) is 9.91. The summed E-state index contributed by atoms with van der Waals surface area (Å²) in [5, 5.41) is 14.0. The Morgan fingerprint density at radius 2 is 2.55 bits per heavy atom. The van der Waals surface area contributed by atoms with E-state index in [1.54, 1.807) is 0 Å². The van der Waals surface area contributed by atoms with Gasteiger partial charge in [0, 0.05) is 11.6 Å². The zero-order chi connectivity index (χ0) is 8.27. The molecule has 60 valence electrons. The van der Waals surface area contributed by atoms with Crippen LogP contribution in [-0.2, 0) is 6.42 Å². The number of aromatic nitrogens is 2. The van der Waals surface area contributed by atoms with Gasteiger partial charge in [-0.25, -0.2) is 0 Å². The van der Waals surface area contributed by atoms with Crippen molar-refractivity contribution in [3.05, 3.63) is 16.6 Å². The molecule has 0 amide bonds. The van der Waals surface area contributed by atoms with Crippen molar-refractivity contribution in [1.82, 2.24) is 5.16 Å². The van der Waals surface area contributed by atoms with Gasteiger partial charge < -0.3 is 5.21 Å². The molecule has 0 aliphatic heterocycles. The van der Waals surface area contributed by atoms with E-state index in [2.05, 4.69) is 9.79 Å². The average Bonchev–Trinajstić information content (AvgIpc) is 2.34. The van der Waals surface area contributed by atoms with Crippen LogP contribution in [0.3, 0.4) is 0 Å². The fourth-order valence-electron chi connectivity index (χ4n) is 0.822. The Hall–Kier alpha value is -1.39. The van der Waals surface area contributed by atoms with Gasteiger partial charge in [-0.15, -0.1) is 0 Å². The van der Waals surface area contributed by atoms with Crippen molar-refractivity contribution >= 4 is 6.29 Å². The second-order valence-electron chi connectivity index (χ2n) is 2.13. The van der Waals surface area contributed by atoms with Crippen molar-refractivity contribution in [3.63, 3.8) is 0 Å². The molecule has 0 saturated carbocycles. The van der Waals surface area contributed by atoms with Crippen molar-refractivity contribution in [2.24, 2.45) is 0 Å². The highest BCUT2D eigenvalue weighted by Gasteiger charge is 2.16. The predicted octanol–water partition coefficient (Wildman–Crippen LogP) is 0.0730. The molecule has 0 bridgehead atoms. The minimum Gasteiger partial charge on any atom is -0.359 e. The Kier molecular flexibility index (Phi) is 2.20. The Labute approximate surface area is 63.1 Å². The molecule has 1 heterocycles. The van der Waals surface area contributed by atoms with Gasteiger partial charge in [-0.3, -0.25) is 9.42 Å². The second-order valence-corrected chi connectivity index (χ2v) is 2.13. The highest BCUT2D eigenvalue weighted by molar-refractivity contribution is 5.72. The van der Waals surface area contributed by atoms with Crippen LogP contribution in [0.1, 0.15) is 29.5 Å². The first-order valence-electron chi connectivity index (χ1n) is 3.33. The number of hydrogen-bond donors (Lipinski definition) is 0. The number of rotatable bonds is 3. The first-order chi connectivity index (χ1) is 5.29. The van der Waals surface area contributed by atoms with Gasteiger partial charge in [0.25, 0.3) is 5.69 Å². The van der Waals surface area contributed by atoms with E-state index in [1.807, 2.05) is 6.92 Å². The van der Waals surface area contributed by atoms with Crippen LogP contribution < -0.4 is 4.90 Å². The molecule has 5 heteroatoms. The first kappa shape index (κ1) is 7.71. The molecule has 0 aliphatic carbocycles. The Morgan fingerprint density at radius 3 is 3.09 bits per heavy atom. The van der Waals surface area contributed by atoms with Crippen LogP contribution >= 0.6 is 0 Å². The second kappa shape index (κ2) is 3.14. The number of nitrogens with zero attached hydrogens (tertiary/aromatic N) is 2. The van der Waals surface area contributed by atoms with Gasteiger partial charge in [-0.1, -0.05) is 6.92 Å². The van der Waals surface area contributed by atoms with Crippen LogP contribution in [0.2, 0.25) is 0 Å². The summed E-state index contributed by atoms with van der Waals surface area (Å²) >= 11 is 0. The van der Waals surface area contributed by atoms with Gasteiger partial charge in [0.05, 0.1) is 0 Å². The molecule has 0 aromatic carbocycles. The van der Waals surface area contributed by atoms with Gasteiger partial charge in [0.2, 0.25) is 5.69 Å². The van der Waals surface area contributed by atoms with Crippen molar-refractivity contribution in [3.8, 4) is 0 Å². The van der Waals surface area contributed by atoms with E-state index in [1.165, 1.54) is 0 Å². The summed E-state index contributed by atoms with van der Waals surface area (Å²) in [7, 11) is 0. The minimum atomic E-state index is 0.0989. The maximum absolute atomic E-state index is 10.7. The van der Waals surface area contributed by atoms with Gasteiger partial charge in [-0.2, -0.15) is 0 Å². The summed E-state index contributed by atoms with van der Waals surface area (Å²) in [5.41, 5.74) is 0.407. The summed E-state index contributed by atoms with van der Waals surface area (Å²) in [6, 6.07) is 0.